The summed E-state index contributed by atoms with van der Waals surface area (Å²) >= 11 is 6.25. The van der Waals surface area contributed by atoms with E-state index in [1.807, 2.05) is 12.1 Å². The molecule has 102 valence electrons. The van der Waals surface area contributed by atoms with Gasteiger partial charge in [0.25, 0.3) is 0 Å². The standard InChI is InChI=1S/C14H22ClNO2/c1-3-4-7-16(8-9-17)14-6-5-12(11(2)18)10-13(14)15/h5-6,10-11,17-18H,3-4,7-9H2,1-2H3/t11-/m1/s1. The van der Waals surface area contributed by atoms with Gasteiger partial charge in [-0.1, -0.05) is 31.0 Å². The first-order valence-electron chi connectivity index (χ1n) is 6.43. The first-order valence-corrected chi connectivity index (χ1v) is 6.81. The summed E-state index contributed by atoms with van der Waals surface area (Å²) in [5.74, 6) is 0. The number of halogens is 1. The van der Waals surface area contributed by atoms with Gasteiger partial charge in [0, 0.05) is 13.1 Å². The van der Waals surface area contributed by atoms with Gasteiger partial charge in [-0.15, -0.1) is 0 Å². The number of hydrogen-bond donors (Lipinski definition) is 2. The molecular weight excluding hydrogens is 250 g/mol. The fourth-order valence-corrected chi connectivity index (χ4v) is 2.17. The number of nitrogens with zero attached hydrogens (tertiary/aromatic N) is 1. The van der Waals surface area contributed by atoms with E-state index in [0.717, 1.165) is 30.6 Å². The molecule has 0 unspecified atom stereocenters. The molecule has 0 amide bonds. The van der Waals surface area contributed by atoms with Gasteiger partial charge in [0.2, 0.25) is 0 Å². The minimum atomic E-state index is -0.515. The number of hydrogen-bond acceptors (Lipinski definition) is 3. The maximum absolute atomic E-state index is 9.51. The van der Waals surface area contributed by atoms with Crippen LogP contribution in [0.2, 0.25) is 5.02 Å². The van der Waals surface area contributed by atoms with Crippen molar-refractivity contribution >= 4 is 17.3 Å². The van der Waals surface area contributed by atoms with Crippen molar-refractivity contribution in [1.82, 2.24) is 0 Å². The molecule has 3 nitrogen and oxygen atoms in total. The SMILES string of the molecule is CCCCN(CCO)c1ccc([C@@H](C)O)cc1Cl. The lowest BCUT2D eigenvalue weighted by molar-refractivity contribution is 0.199. The van der Waals surface area contributed by atoms with E-state index in [0.29, 0.717) is 11.6 Å². The Labute approximate surface area is 114 Å². The van der Waals surface area contributed by atoms with Gasteiger partial charge < -0.3 is 15.1 Å². The van der Waals surface area contributed by atoms with Crippen molar-refractivity contribution in [3.63, 3.8) is 0 Å². The minimum Gasteiger partial charge on any atom is -0.395 e. The first kappa shape index (κ1) is 15.3. The fraction of sp³-hybridized carbons (Fsp3) is 0.571. The van der Waals surface area contributed by atoms with Crippen LogP contribution in [-0.4, -0.2) is 29.9 Å². The monoisotopic (exact) mass is 271 g/mol. The molecular formula is C14H22ClNO2. The van der Waals surface area contributed by atoms with Crippen molar-refractivity contribution in [3.05, 3.63) is 28.8 Å². The van der Waals surface area contributed by atoms with Gasteiger partial charge in [-0.2, -0.15) is 0 Å². The van der Waals surface area contributed by atoms with Crippen LogP contribution in [0.1, 0.15) is 38.4 Å². The van der Waals surface area contributed by atoms with E-state index in [9.17, 15) is 5.11 Å². The fourth-order valence-electron chi connectivity index (χ4n) is 1.86. The molecule has 0 aliphatic rings. The van der Waals surface area contributed by atoms with Crippen molar-refractivity contribution in [3.8, 4) is 0 Å². The lowest BCUT2D eigenvalue weighted by atomic mass is 10.1. The lowest BCUT2D eigenvalue weighted by Crippen LogP contribution is -2.28. The Morgan fingerprint density at radius 3 is 2.56 bits per heavy atom. The number of unbranched alkanes of at least 4 members (excludes halogenated alkanes) is 1. The number of aliphatic hydroxyl groups excluding tert-OH is 2. The zero-order chi connectivity index (χ0) is 13.5. The highest BCUT2D eigenvalue weighted by Gasteiger charge is 2.11. The molecule has 0 saturated heterocycles. The molecule has 1 rings (SSSR count). The molecule has 1 aromatic rings. The molecule has 0 fully saturated rings. The number of aliphatic hydroxyl groups is 2. The Balaban J connectivity index is 2.90. The van der Waals surface area contributed by atoms with E-state index in [2.05, 4.69) is 11.8 Å². The van der Waals surface area contributed by atoms with Crippen LogP contribution in [0.15, 0.2) is 18.2 Å². The van der Waals surface area contributed by atoms with Crippen LogP contribution in [0.4, 0.5) is 5.69 Å². The Kier molecular flexibility index (Phi) is 6.47. The number of rotatable bonds is 7. The maximum atomic E-state index is 9.51. The summed E-state index contributed by atoms with van der Waals surface area (Å²) in [4.78, 5) is 2.08. The summed E-state index contributed by atoms with van der Waals surface area (Å²) in [6.07, 6.45) is 1.65. The third kappa shape index (κ3) is 4.16. The smallest absolute Gasteiger partial charge is 0.0762 e. The molecule has 1 atom stereocenters. The van der Waals surface area contributed by atoms with Crippen molar-refractivity contribution in [2.75, 3.05) is 24.6 Å². The van der Waals surface area contributed by atoms with Crippen molar-refractivity contribution in [1.29, 1.82) is 0 Å². The van der Waals surface area contributed by atoms with Gasteiger partial charge in [-0.05, 0) is 31.0 Å². The summed E-state index contributed by atoms with van der Waals surface area (Å²) in [7, 11) is 0. The van der Waals surface area contributed by atoms with E-state index >= 15 is 0 Å². The topological polar surface area (TPSA) is 43.7 Å². The molecule has 0 radical (unpaired) electrons. The average Bonchev–Trinajstić information content (AvgIpc) is 2.34. The van der Waals surface area contributed by atoms with Crippen LogP contribution < -0.4 is 4.90 Å². The van der Waals surface area contributed by atoms with Crippen LogP contribution >= 0.6 is 11.6 Å². The molecule has 0 aliphatic carbocycles. The second-order valence-electron chi connectivity index (χ2n) is 4.45. The van der Waals surface area contributed by atoms with E-state index in [1.165, 1.54) is 0 Å². The van der Waals surface area contributed by atoms with Gasteiger partial charge in [-0.25, -0.2) is 0 Å². The Morgan fingerprint density at radius 1 is 1.33 bits per heavy atom. The number of benzene rings is 1. The predicted octanol–water partition coefficient (Wildman–Crippen LogP) is 2.99. The summed E-state index contributed by atoms with van der Waals surface area (Å²) < 4.78 is 0. The molecule has 1 aromatic carbocycles. The summed E-state index contributed by atoms with van der Waals surface area (Å²) in [6, 6.07) is 5.58. The van der Waals surface area contributed by atoms with Gasteiger partial charge in [0.05, 0.1) is 23.4 Å². The molecule has 0 bridgehead atoms. The van der Waals surface area contributed by atoms with E-state index < -0.39 is 6.10 Å². The molecule has 4 heteroatoms. The van der Waals surface area contributed by atoms with Crippen LogP contribution in [0.5, 0.6) is 0 Å². The van der Waals surface area contributed by atoms with Crippen molar-refractivity contribution in [2.45, 2.75) is 32.8 Å². The minimum absolute atomic E-state index is 0.109. The molecule has 2 N–H and O–H groups in total. The van der Waals surface area contributed by atoms with Crippen LogP contribution in [0.25, 0.3) is 0 Å². The second kappa shape index (κ2) is 7.62. The van der Waals surface area contributed by atoms with Gasteiger partial charge >= 0.3 is 0 Å². The van der Waals surface area contributed by atoms with Crippen molar-refractivity contribution < 1.29 is 10.2 Å². The average molecular weight is 272 g/mol. The summed E-state index contributed by atoms with van der Waals surface area (Å²) in [5.41, 5.74) is 1.73. The van der Waals surface area contributed by atoms with Gasteiger partial charge in [0.1, 0.15) is 0 Å². The molecule has 0 aromatic heterocycles. The summed E-state index contributed by atoms with van der Waals surface area (Å²) in [5, 5.41) is 19.2. The Bertz CT molecular complexity index is 369. The highest BCUT2D eigenvalue weighted by atomic mass is 35.5. The van der Waals surface area contributed by atoms with Crippen LogP contribution in [0, 0.1) is 0 Å². The van der Waals surface area contributed by atoms with E-state index in [1.54, 1.807) is 13.0 Å². The predicted molar refractivity (Wildman–Crippen MR) is 76.3 cm³/mol. The number of anilines is 1. The maximum Gasteiger partial charge on any atom is 0.0762 e. The Hall–Kier alpha value is -0.770. The first-order chi connectivity index (χ1) is 8.60. The molecule has 0 saturated carbocycles. The Morgan fingerprint density at radius 2 is 2.06 bits per heavy atom. The van der Waals surface area contributed by atoms with Crippen molar-refractivity contribution in [2.24, 2.45) is 0 Å². The molecule has 0 heterocycles. The summed E-state index contributed by atoms with van der Waals surface area (Å²) in [6.45, 7) is 5.42. The highest BCUT2D eigenvalue weighted by Crippen LogP contribution is 2.29. The quantitative estimate of drug-likeness (QED) is 0.801. The second-order valence-corrected chi connectivity index (χ2v) is 4.86. The van der Waals surface area contributed by atoms with E-state index in [-0.39, 0.29) is 6.61 Å². The normalized spacial score (nSPS) is 12.5. The zero-order valence-corrected chi connectivity index (χ0v) is 11.8. The third-order valence-electron chi connectivity index (χ3n) is 2.95. The van der Waals surface area contributed by atoms with Crippen LogP contribution in [0.3, 0.4) is 0 Å². The highest BCUT2D eigenvalue weighted by molar-refractivity contribution is 6.33. The molecule has 18 heavy (non-hydrogen) atoms. The zero-order valence-electron chi connectivity index (χ0n) is 11.1. The molecule has 0 spiro atoms. The molecule has 0 aliphatic heterocycles. The lowest BCUT2D eigenvalue weighted by Gasteiger charge is -2.25. The van der Waals surface area contributed by atoms with Crippen LogP contribution in [-0.2, 0) is 0 Å². The largest absolute Gasteiger partial charge is 0.395 e. The third-order valence-corrected chi connectivity index (χ3v) is 3.25. The van der Waals surface area contributed by atoms with E-state index in [4.69, 9.17) is 16.7 Å². The van der Waals surface area contributed by atoms with Gasteiger partial charge in [0.15, 0.2) is 0 Å². The van der Waals surface area contributed by atoms with Gasteiger partial charge in [-0.3, -0.25) is 0 Å².